The van der Waals surface area contributed by atoms with Crippen LogP contribution in [0.1, 0.15) is 11.1 Å². The Kier molecular flexibility index (Phi) is 5.52. The highest BCUT2D eigenvalue weighted by Crippen LogP contribution is 2.13. The Morgan fingerprint density at radius 1 is 0.952 bits per heavy atom. The first-order chi connectivity index (χ1) is 9.92. The summed E-state index contributed by atoms with van der Waals surface area (Å²) in [6.45, 7) is 0.999. The molecule has 1 N–H and O–H groups in total. The smallest absolute Gasteiger partial charge is 0.221 e. The van der Waals surface area contributed by atoms with E-state index in [-0.39, 0.29) is 0 Å². The zero-order valence-electron chi connectivity index (χ0n) is 11.7. The van der Waals surface area contributed by atoms with Crippen molar-refractivity contribution in [2.24, 2.45) is 0 Å². The number of nitrogens with one attached hydrogen (secondary N) is 1. The Hall–Kier alpha value is -1.21. The Morgan fingerprint density at radius 2 is 1.48 bits per heavy atom. The number of hydrogen-bond acceptors (Lipinski definition) is 3. The van der Waals surface area contributed by atoms with Crippen LogP contribution >= 0.6 is 15.9 Å². The molecule has 0 fully saturated rings. The minimum atomic E-state index is -3.31. The van der Waals surface area contributed by atoms with E-state index in [1.807, 2.05) is 54.6 Å². The zero-order valence-corrected chi connectivity index (χ0v) is 14.1. The third-order valence-electron chi connectivity index (χ3n) is 2.80. The Morgan fingerprint density at radius 3 is 2.00 bits per heavy atom. The first kappa shape index (κ1) is 16.2. The maximum Gasteiger partial charge on any atom is 0.221 e. The van der Waals surface area contributed by atoms with Crippen molar-refractivity contribution in [2.75, 3.05) is 6.26 Å². The fraction of sp³-hybridized carbons (Fsp3) is 0.200. The van der Waals surface area contributed by atoms with Gasteiger partial charge in [-0.15, -0.1) is 4.83 Å². The highest BCUT2D eigenvalue weighted by Gasteiger charge is 2.12. The second-order valence-corrected chi connectivity index (χ2v) is 7.47. The monoisotopic (exact) mass is 368 g/mol. The highest BCUT2D eigenvalue weighted by atomic mass is 79.9. The molecular weight excluding hydrogens is 352 g/mol. The van der Waals surface area contributed by atoms with E-state index in [1.165, 1.54) is 0 Å². The van der Waals surface area contributed by atoms with Gasteiger partial charge in [-0.05, 0) is 23.3 Å². The molecule has 0 aliphatic rings. The first-order valence-corrected chi connectivity index (χ1v) is 9.11. The van der Waals surface area contributed by atoms with E-state index < -0.39 is 10.0 Å². The van der Waals surface area contributed by atoms with Crippen molar-refractivity contribution < 1.29 is 8.42 Å². The number of sulfonamides is 1. The van der Waals surface area contributed by atoms with Gasteiger partial charge in [0.25, 0.3) is 0 Å². The highest BCUT2D eigenvalue weighted by molar-refractivity contribution is 9.10. The average Bonchev–Trinajstić information content (AvgIpc) is 2.41. The molecule has 0 heterocycles. The van der Waals surface area contributed by atoms with Crippen molar-refractivity contribution in [3.8, 4) is 0 Å². The number of nitrogens with zero attached hydrogens (tertiary/aromatic N) is 1. The van der Waals surface area contributed by atoms with Crippen LogP contribution in [-0.2, 0) is 23.1 Å². The van der Waals surface area contributed by atoms with E-state index in [1.54, 1.807) is 5.01 Å². The number of hydrazine groups is 1. The molecule has 0 aliphatic heterocycles. The number of rotatable bonds is 6. The minimum absolute atomic E-state index is 0.495. The van der Waals surface area contributed by atoms with Gasteiger partial charge in [-0.3, -0.25) is 0 Å². The summed E-state index contributed by atoms with van der Waals surface area (Å²) in [6.07, 6.45) is 1.16. The summed E-state index contributed by atoms with van der Waals surface area (Å²) in [4.78, 5) is 2.56. The summed E-state index contributed by atoms with van der Waals surface area (Å²) >= 11 is 3.39. The Bertz CT molecular complexity index is 673. The minimum Gasteiger partial charge on any atom is -0.222 e. The summed E-state index contributed by atoms with van der Waals surface area (Å²) < 4.78 is 24.0. The molecule has 0 bridgehead atoms. The number of halogens is 1. The molecule has 0 atom stereocenters. The molecule has 0 saturated carbocycles. The van der Waals surface area contributed by atoms with Gasteiger partial charge in [-0.25, -0.2) is 13.4 Å². The van der Waals surface area contributed by atoms with Crippen molar-refractivity contribution >= 4 is 26.0 Å². The van der Waals surface area contributed by atoms with Gasteiger partial charge in [0.2, 0.25) is 10.0 Å². The molecule has 0 saturated heterocycles. The number of benzene rings is 2. The molecule has 0 amide bonds. The van der Waals surface area contributed by atoms with Crippen molar-refractivity contribution in [3.63, 3.8) is 0 Å². The van der Waals surface area contributed by atoms with Crippen LogP contribution in [0.4, 0.5) is 0 Å². The van der Waals surface area contributed by atoms with Crippen molar-refractivity contribution in [1.82, 2.24) is 9.84 Å². The molecule has 2 aromatic rings. The van der Waals surface area contributed by atoms with Crippen LogP contribution in [0.5, 0.6) is 0 Å². The summed E-state index contributed by atoms with van der Waals surface area (Å²) in [7, 11) is -3.31. The zero-order chi connectivity index (χ0) is 15.3. The van der Waals surface area contributed by atoms with Crippen LogP contribution in [-0.4, -0.2) is 19.7 Å². The average molecular weight is 369 g/mol. The third-order valence-corrected chi connectivity index (χ3v) is 3.92. The Balaban J connectivity index is 2.13. The molecule has 0 aromatic heterocycles. The van der Waals surface area contributed by atoms with E-state index in [0.29, 0.717) is 13.1 Å². The Labute approximate surface area is 133 Å². The van der Waals surface area contributed by atoms with Crippen molar-refractivity contribution in [1.29, 1.82) is 0 Å². The van der Waals surface area contributed by atoms with E-state index in [2.05, 4.69) is 20.8 Å². The largest absolute Gasteiger partial charge is 0.222 e. The van der Waals surface area contributed by atoms with Gasteiger partial charge in [0.05, 0.1) is 6.26 Å². The van der Waals surface area contributed by atoms with Crippen molar-refractivity contribution in [2.45, 2.75) is 13.1 Å². The first-order valence-electron chi connectivity index (χ1n) is 6.43. The molecule has 0 spiro atoms. The van der Waals surface area contributed by atoms with Gasteiger partial charge in [-0.2, -0.15) is 0 Å². The standard InChI is InChI=1S/C15H17BrN2O2S/c1-21(19,20)17-18(11-13-5-3-2-4-6-13)12-14-7-9-15(16)10-8-14/h2-10,17H,11-12H2,1H3. The molecule has 112 valence electrons. The maximum absolute atomic E-state index is 11.5. The fourth-order valence-electron chi connectivity index (χ4n) is 1.97. The molecule has 2 aromatic carbocycles. The maximum atomic E-state index is 11.5. The molecular formula is C15H17BrN2O2S. The topological polar surface area (TPSA) is 49.4 Å². The third kappa shape index (κ3) is 5.97. The molecule has 0 radical (unpaired) electrons. The van der Waals surface area contributed by atoms with E-state index >= 15 is 0 Å². The summed E-state index contributed by atoms with van der Waals surface area (Å²) in [6, 6.07) is 17.6. The van der Waals surface area contributed by atoms with Gasteiger partial charge in [-0.1, -0.05) is 58.4 Å². The van der Waals surface area contributed by atoms with E-state index in [9.17, 15) is 8.42 Å². The van der Waals surface area contributed by atoms with Crippen LogP contribution in [0.3, 0.4) is 0 Å². The fourth-order valence-corrected chi connectivity index (χ4v) is 2.83. The predicted octanol–water partition coefficient (Wildman–Crippen LogP) is 2.92. The van der Waals surface area contributed by atoms with Crippen LogP contribution in [0.2, 0.25) is 0 Å². The quantitative estimate of drug-likeness (QED) is 0.797. The normalized spacial score (nSPS) is 11.8. The second-order valence-electron chi connectivity index (χ2n) is 4.83. The van der Waals surface area contributed by atoms with Gasteiger partial charge in [0.15, 0.2) is 0 Å². The lowest BCUT2D eigenvalue weighted by Gasteiger charge is -2.22. The van der Waals surface area contributed by atoms with Gasteiger partial charge in [0, 0.05) is 17.6 Å². The summed E-state index contributed by atoms with van der Waals surface area (Å²) in [5.74, 6) is 0. The number of hydrogen-bond donors (Lipinski definition) is 1. The summed E-state index contributed by atoms with van der Waals surface area (Å²) in [5, 5.41) is 1.69. The van der Waals surface area contributed by atoms with Gasteiger partial charge < -0.3 is 0 Å². The lowest BCUT2D eigenvalue weighted by Crippen LogP contribution is -2.40. The second kappa shape index (κ2) is 7.17. The molecule has 0 unspecified atom stereocenters. The van der Waals surface area contributed by atoms with E-state index in [4.69, 9.17) is 0 Å². The van der Waals surface area contributed by atoms with Crippen LogP contribution < -0.4 is 4.83 Å². The molecule has 6 heteroatoms. The van der Waals surface area contributed by atoms with Crippen molar-refractivity contribution in [3.05, 3.63) is 70.2 Å². The molecule has 4 nitrogen and oxygen atoms in total. The van der Waals surface area contributed by atoms with Gasteiger partial charge >= 0.3 is 0 Å². The predicted molar refractivity (Wildman–Crippen MR) is 87.8 cm³/mol. The van der Waals surface area contributed by atoms with Crippen LogP contribution in [0, 0.1) is 0 Å². The van der Waals surface area contributed by atoms with Gasteiger partial charge in [0.1, 0.15) is 0 Å². The van der Waals surface area contributed by atoms with Crippen LogP contribution in [0.15, 0.2) is 59.1 Å². The molecule has 0 aliphatic carbocycles. The van der Waals surface area contributed by atoms with Crippen LogP contribution in [0.25, 0.3) is 0 Å². The lowest BCUT2D eigenvalue weighted by molar-refractivity contribution is 0.223. The SMILES string of the molecule is CS(=O)(=O)NN(Cc1ccccc1)Cc1ccc(Br)cc1. The van der Waals surface area contributed by atoms with E-state index in [0.717, 1.165) is 21.9 Å². The lowest BCUT2D eigenvalue weighted by atomic mass is 10.2. The molecule has 2 rings (SSSR count). The summed E-state index contributed by atoms with van der Waals surface area (Å²) in [5.41, 5.74) is 2.08. The molecule has 21 heavy (non-hydrogen) atoms.